The van der Waals surface area contributed by atoms with Crippen molar-refractivity contribution in [2.45, 2.75) is 25.8 Å². The van der Waals surface area contributed by atoms with E-state index < -0.39 is 0 Å². The SMILES string of the molecule is COc1c(C)cccc1C1CCCN1. The van der Waals surface area contributed by atoms with Gasteiger partial charge in [0.25, 0.3) is 0 Å². The lowest BCUT2D eigenvalue weighted by atomic mass is 10.0. The van der Waals surface area contributed by atoms with Crippen LogP contribution in [-0.4, -0.2) is 13.7 Å². The number of hydrogen-bond donors (Lipinski definition) is 1. The van der Waals surface area contributed by atoms with Crippen LogP contribution in [0.2, 0.25) is 0 Å². The molecule has 1 aliphatic heterocycles. The maximum Gasteiger partial charge on any atom is 0.126 e. The van der Waals surface area contributed by atoms with Gasteiger partial charge in [-0.3, -0.25) is 0 Å². The Morgan fingerprint density at radius 3 is 2.93 bits per heavy atom. The maximum atomic E-state index is 5.45. The predicted molar refractivity (Wildman–Crippen MR) is 57.7 cm³/mol. The summed E-state index contributed by atoms with van der Waals surface area (Å²) in [6, 6.07) is 6.85. The van der Waals surface area contributed by atoms with Gasteiger partial charge in [0.2, 0.25) is 0 Å². The molecule has 1 saturated heterocycles. The van der Waals surface area contributed by atoms with E-state index in [9.17, 15) is 0 Å². The standard InChI is InChI=1S/C12H17NO/c1-9-5-3-6-10(12(9)14-2)11-7-4-8-13-11/h3,5-6,11,13H,4,7-8H2,1-2H3. The first-order valence-corrected chi connectivity index (χ1v) is 5.20. The largest absolute Gasteiger partial charge is 0.496 e. The maximum absolute atomic E-state index is 5.45. The highest BCUT2D eigenvalue weighted by molar-refractivity contribution is 5.42. The number of aryl methyl sites for hydroxylation is 1. The van der Waals surface area contributed by atoms with E-state index in [0.717, 1.165) is 12.3 Å². The third kappa shape index (κ3) is 1.62. The molecule has 1 fully saturated rings. The molecule has 0 spiro atoms. The molecule has 2 rings (SSSR count). The number of ether oxygens (including phenoxy) is 1. The van der Waals surface area contributed by atoms with Crippen molar-refractivity contribution in [2.75, 3.05) is 13.7 Å². The van der Waals surface area contributed by atoms with Gasteiger partial charge in [0.05, 0.1) is 7.11 Å². The lowest BCUT2D eigenvalue weighted by Crippen LogP contribution is -2.14. The van der Waals surface area contributed by atoms with E-state index in [1.54, 1.807) is 7.11 Å². The van der Waals surface area contributed by atoms with Gasteiger partial charge in [0.15, 0.2) is 0 Å². The van der Waals surface area contributed by atoms with Crippen LogP contribution < -0.4 is 10.1 Å². The second-order valence-corrected chi connectivity index (χ2v) is 3.85. The molecule has 1 heterocycles. The van der Waals surface area contributed by atoms with Gasteiger partial charge < -0.3 is 10.1 Å². The normalized spacial score (nSPS) is 21.1. The van der Waals surface area contributed by atoms with Crippen LogP contribution in [0.15, 0.2) is 18.2 Å². The fourth-order valence-electron chi connectivity index (χ4n) is 2.18. The van der Waals surface area contributed by atoms with Crippen molar-refractivity contribution < 1.29 is 4.74 Å². The second-order valence-electron chi connectivity index (χ2n) is 3.85. The summed E-state index contributed by atoms with van der Waals surface area (Å²) in [4.78, 5) is 0. The summed E-state index contributed by atoms with van der Waals surface area (Å²) in [7, 11) is 1.75. The summed E-state index contributed by atoms with van der Waals surface area (Å²) in [6.45, 7) is 3.22. The van der Waals surface area contributed by atoms with Crippen LogP contribution in [0.4, 0.5) is 0 Å². The first-order valence-electron chi connectivity index (χ1n) is 5.20. The van der Waals surface area contributed by atoms with E-state index >= 15 is 0 Å². The fraction of sp³-hybridized carbons (Fsp3) is 0.500. The fourth-order valence-corrected chi connectivity index (χ4v) is 2.18. The summed E-state index contributed by atoms with van der Waals surface area (Å²) in [5, 5.41) is 3.49. The lowest BCUT2D eigenvalue weighted by molar-refractivity contribution is 0.400. The van der Waals surface area contributed by atoms with E-state index in [2.05, 4.69) is 30.4 Å². The summed E-state index contributed by atoms with van der Waals surface area (Å²) in [5.74, 6) is 1.05. The zero-order valence-corrected chi connectivity index (χ0v) is 8.84. The summed E-state index contributed by atoms with van der Waals surface area (Å²) >= 11 is 0. The molecule has 0 aromatic heterocycles. The van der Waals surface area contributed by atoms with E-state index in [1.165, 1.54) is 24.0 Å². The first kappa shape index (κ1) is 9.53. The topological polar surface area (TPSA) is 21.3 Å². The van der Waals surface area contributed by atoms with Crippen LogP contribution in [0.1, 0.15) is 30.0 Å². The Bertz CT molecular complexity index is 316. The summed E-state index contributed by atoms with van der Waals surface area (Å²) in [5.41, 5.74) is 2.53. The molecular formula is C12H17NO. The van der Waals surface area contributed by atoms with Gasteiger partial charge in [0.1, 0.15) is 5.75 Å². The van der Waals surface area contributed by atoms with Gasteiger partial charge in [-0.25, -0.2) is 0 Å². The van der Waals surface area contributed by atoms with Crippen LogP contribution in [-0.2, 0) is 0 Å². The van der Waals surface area contributed by atoms with Gasteiger partial charge in [-0.15, -0.1) is 0 Å². The highest BCUT2D eigenvalue weighted by atomic mass is 16.5. The van der Waals surface area contributed by atoms with E-state index in [1.807, 2.05) is 0 Å². The molecule has 1 aromatic rings. The Balaban J connectivity index is 2.35. The average Bonchev–Trinajstić information content (AvgIpc) is 2.70. The Kier molecular flexibility index (Phi) is 2.73. The molecule has 2 nitrogen and oxygen atoms in total. The van der Waals surface area contributed by atoms with Gasteiger partial charge >= 0.3 is 0 Å². The van der Waals surface area contributed by atoms with Crippen molar-refractivity contribution in [3.63, 3.8) is 0 Å². The third-order valence-electron chi connectivity index (χ3n) is 2.88. The number of hydrogen-bond acceptors (Lipinski definition) is 2. The number of methoxy groups -OCH3 is 1. The molecule has 2 heteroatoms. The number of benzene rings is 1. The third-order valence-corrected chi connectivity index (χ3v) is 2.88. The van der Waals surface area contributed by atoms with Gasteiger partial charge in [-0.2, -0.15) is 0 Å². The van der Waals surface area contributed by atoms with Crippen molar-refractivity contribution in [3.05, 3.63) is 29.3 Å². The lowest BCUT2D eigenvalue weighted by Gasteiger charge is -2.16. The predicted octanol–water partition coefficient (Wildman–Crippen LogP) is 2.43. The highest BCUT2D eigenvalue weighted by Crippen LogP contribution is 2.32. The van der Waals surface area contributed by atoms with Gasteiger partial charge in [-0.05, 0) is 31.9 Å². The van der Waals surface area contributed by atoms with Gasteiger partial charge in [0, 0.05) is 11.6 Å². The number of para-hydroxylation sites is 1. The summed E-state index contributed by atoms with van der Waals surface area (Å²) < 4.78 is 5.45. The molecule has 1 unspecified atom stereocenters. The van der Waals surface area contributed by atoms with Crippen molar-refractivity contribution in [3.8, 4) is 5.75 Å². The van der Waals surface area contributed by atoms with Crippen molar-refractivity contribution >= 4 is 0 Å². The van der Waals surface area contributed by atoms with Crippen molar-refractivity contribution in [1.82, 2.24) is 5.32 Å². The van der Waals surface area contributed by atoms with Crippen LogP contribution in [0.25, 0.3) is 0 Å². The zero-order chi connectivity index (χ0) is 9.97. The van der Waals surface area contributed by atoms with Crippen molar-refractivity contribution in [1.29, 1.82) is 0 Å². The van der Waals surface area contributed by atoms with E-state index in [-0.39, 0.29) is 0 Å². The highest BCUT2D eigenvalue weighted by Gasteiger charge is 2.20. The molecule has 1 aliphatic rings. The van der Waals surface area contributed by atoms with Crippen LogP contribution in [0.3, 0.4) is 0 Å². The van der Waals surface area contributed by atoms with Gasteiger partial charge in [-0.1, -0.05) is 18.2 Å². The summed E-state index contributed by atoms with van der Waals surface area (Å²) in [6.07, 6.45) is 2.49. The molecule has 0 bridgehead atoms. The van der Waals surface area contributed by atoms with E-state index in [0.29, 0.717) is 6.04 Å². The van der Waals surface area contributed by atoms with Crippen LogP contribution in [0.5, 0.6) is 5.75 Å². The molecule has 1 aromatic carbocycles. The molecule has 0 radical (unpaired) electrons. The molecule has 76 valence electrons. The molecule has 1 atom stereocenters. The Morgan fingerprint density at radius 1 is 1.43 bits per heavy atom. The molecule has 0 saturated carbocycles. The van der Waals surface area contributed by atoms with Crippen LogP contribution in [0, 0.1) is 6.92 Å². The Morgan fingerprint density at radius 2 is 2.29 bits per heavy atom. The second kappa shape index (κ2) is 4.01. The molecule has 0 aliphatic carbocycles. The molecule has 14 heavy (non-hydrogen) atoms. The zero-order valence-electron chi connectivity index (χ0n) is 8.84. The smallest absolute Gasteiger partial charge is 0.126 e. The number of rotatable bonds is 2. The van der Waals surface area contributed by atoms with Crippen LogP contribution >= 0.6 is 0 Å². The molecular weight excluding hydrogens is 174 g/mol. The quantitative estimate of drug-likeness (QED) is 0.775. The minimum absolute atomic E-state index is 0.491. The molecule has 0 amide bonds. The minimum Gasteiger partial charge on any atom is -0.496 e. The van der Waals surface area contributed by atoms with Crippen molar-refractivity contribution in [2.24, 2.45) is 0 Å². The Labute approximate surface area is 85.3 Å². The number of nitrogens with one attached hydrogen (secondary N) is 1. The minimum atomic E-state index is 0.491. The first-order chi connectivity index (χ1) is 6.83. The average molecular weight is 191 g/mol. The Hall–Kier alpha value is -1.02. The van der Waals surface area contributed by atoms with E-state index in [4.69, 9.17) is 4.74 Å². The molecule has 1 N–H and O–H groups in total. The monoisotopic (exact) mass is 191 g/mol.